The zero-order chi connectivity index (χ0) is 12.0. The lowest BCUT2D eigenvalue weighted by molar-refractivity contribution is 0.276. The third kappa shape index (κ3) is 3.72. The predicted octanol–water partition coefficient (Wildman–Crippen LogP) is -0.553. The van der Waals surface area contributed by atoms with E-state index in [1.54, 1.807) is 6.07 Å². The number of hydrogen-bond acceptors (Lipinski definition) is 5. The predicted molar refractivity (Wildman–Crippen MR) is 58.9 cm³/mol. The van der Waals surface area contributed by atoms with E-state index in [2.05, 4.69) is 14.9 Å². The van der Waals surface area contributed by atoms with Crippen LogP contribution in [0.3, 0.4) is 0 Å². The van der Waals surface area contributed by atoms with Crippen LogP contribution in [-0.2, 0) is 10.2 Å². The average molecular weight is 246 g/mol. The highest BCUT2D eigenvalue weighted by Gasteiger charge is 2.17. The molecule has 0 amide bonds. The van der Waals surface area contributed by atoms with Crippen molar-refractivity contribution < 1.29 is 13.5 Å². The monoisotopic (exact) mass is 246 g/mol. The first-order valence-corrected chi connectivity index (χ1v) is 6.13. The van der Waals surface area contributed by atoms with Gasteiger partial charge in [-0.3, -0.25) is 4.72 Å². The van der Waals surface area contributed by atoms with Gasteiger partial charge in [0.15, 0.2) is 5.82 Å². The van der Waals surface area contributed by atoms with Crippen LogP contribution >= 0.6 is 0 Å². The van der Waals surface area contributed by atoms with Crippen molar-refractivity contribution in [2.24, 2.45) is 0 Å². The minimum Gasteiger partial charge on any atom is -0.396 e. The normalized spacial score (nSPS) is 11.7. The molecule has 90 valence electrons. The number of hydrogen-bond donors (Lipinski definition) is 2. The molecule has 0 fully saturated rings. The average Bonchev–Trinajstić information content (AvgIpc) is 2.26. The highest BCUT2D eigenvalue weighted by atomic mass is 32.2. The topological polar surface area (TPSA) is 95.4 Å². The molecule has 0 aliphatic rings. The first-order valence-electron chi connectivity index (χ1n) is 4.69. The molecule has 0 saturated carbocycles. The number of nitrogens with zero attached hydrogens (tertiary/aromatic N) is 3. The number of aliphatic hydroxyl groups excluding tert-OH is 1. The van der Waals surface area contributed by atoms with E-state index in [1.807, 2.05) is 0 Å². The Hall–Kier alpha value is -1.25. The molecule has 0 bridgehead atoms. The number of aromatic nitrogens is 2. The number of aliphatic hydroxyl groups is 1. The second-order valence-corrected chi connectivity index (χ2v) is 4.89. The quantitative estimate of drug-likeness (QED) is 0.702. The summed E-state index contributed by atoms with van der Waals surface area (Å²) in [6, 6.07) is 3.09. The second-order valence-electron chi connectivity index (χ2n) is 3.11. The van der Waals surface area contributed by atoms with Crippen LogP contribution in [0.5, 0.6) is 0 Å². The van der Waals surface area contributed by atoms with Crippen molar-refractivity contribution in [3.8, 4) is 0 Å². The standard InChI is InChI=1S/C8H14N4O3S/c1-12(6-3-7-13)16(14,15)11-8-4-2-5-9-10-8/h2,4-5,13H,3,6-7H2,1H3,(H,10,11). The van der Waals surface area contributed by atoms with Gasteiger partial charge in [-0.05, 0) is 18.6 Å². The van der Waals surface area contributed by atoms with Crippen LogP contribution in [0, 0.1) is 0 Å². The Morgan fingerprint density at radius 1 is 1.56 bits per heavy atom. The Labute approximate surface area is 94.3 Å². The van der Waals surface area contributed by atoms with E-state index < -0.39 is 10.2 Å². The van der Waals surface area contributed by atoms with E-state index in [1.165, 1.54) is 19.3 Å². The number of nitrogens with one attached hydrogen (secondary N) is 1. The highest BCUT2D eigenvalue weighted by molar-refractivity contribution is 7.90. The maximum atomic E-state index is 11.7. The van der Waals surface area contributed by atoms with Crippen molar-refractivity contribution in [1.29, 1.82) is 0 Å². The van der Waals surface area contributed by atoms with Crippen LogP contribution in [0.4, 0.5) is 5.82 Å². The summed E-state index contributed by atoms with van der Waals surface area (Å²) in [5.74, 6) is 0.165. The lowest BCUT2D eigenvalue weighted by atomic mass is 10.5. The van der Waals surface area contributed by atoms with Gasteiger partial charge < -0.3 is 5.11 Å². The van der Waals surface area contributed by atoms with Gasteiger partial charge in [0, 0.05) is 26.4 Å². The fourth-order valence-electron chi connectivity index (χ4n) is 0.980. The number of anilines is 1. The largest absolute Gasteiger partial charge is 0.396 e. The van der Waals surface area contributed by atoms with Crippen molar-refractivity contribution in [3.63, 3.8) is 0 Å². The third-order valence-corrected chi connectivity index (χ3v) is 3.32. The summed E-state index contributed by atoms with van der Waals surface area (Å²) < 4.78 is 26.7. The van der Waals surface area contributed by atoms with Crippen molar-refractivity contribution in [1.82, 2.24) is 14.5 Å². The van der Waals surface area contributed by atoms with Crippen LogP contribution in [-0.4, -0.2) is 48.2 Å². The van der Waals surface area contributed by atoms with Crippen molar-refractivity contribution >= 4 is 16.0 Å². The van der Waals surface area contributed by atoms with Crippen LogP contribution in [0.25, 0.3) is 0 Å². The maximum Gasteiger partial charge on any atom is 0.302 e. The molecular weight excluding hydrogens is 232 g/mol. The molecule has 2 N–H and O–H groups in total. The molecule has 0 spiro atoms. The molecular formula is C8H14N4O3S. The van der Waals surface area contributed by atoms with Gasteiger partial charge in [0.1, 0.15) is 0 Å². The minimum atomic E-state index is -3.62. The Morgan fingerprint density at radius 2 is 2.31 bits per heavy atom. The zero-order valence-corrected chi connectivity index (χ0v) is 9.68. The van der Waals surface area contributed by atoms with E-state index >= 15 is 0 Å². The molecule has 7 nitrogen and oxygen atoms in total. The Kier molecular flexibility index (Phi) is 4.59. The van der Waals surface area contributed by atoms with Gasteiger partial charge in [-0.25, -0.2) is 0 Å². The summed E-state index contributed by atoms with van der Waals surface area (Å²) in [6.45, 7) is 0.192. The molecule has 0 aromatic carbocycles. The SMILES string of the molecule is CN(CCCO)S(=O)(=O)Nc1cccnn1. The summed E-state index contributed by atoms with van der Waals surface area (Å²) in [5.41, 5.74) is 0. The molecule has 0 atom stereocenters. The smallest absolute Gasteiger partial charge is 0.302 e. The summed E-state index contributed by atoms with van der Waals surface area (Å²) in [5, 5.41) is 15.8. The first-order chi connectivity index (χ1) is 7.56. The van der Waals surface area contributed by atoms with Gasteiger partial charge in [0.25, 0.3) is 0 Å². The summed E-state index contributed by atoms with van der Waals surface area (Å²) in [4.78, 5) is 0. The van der Waals surface area contributed by atoms with Gasteiger partial charge in [0.2, 0.25) is 0 Å². The fourth-order valence-corrected chi connectivity index (χ4v) is 1.88. The van der Waals surface area contributed by atoms with Crippen molar-refractivity contribution in [2.75, 3.05) is 24.9 Å². The molecule has 0 aliphatic heterocycles. The van der Waals surface area contributed by atoms with Crippen LogP contribution in [0.15, 0.2) is 18.3 Å². The molecule has 0 unspecified atom stereocenters. The Bertz CT molecular complexity index is 409. The minimum absolute atomic E-state index is 0.0506. The molecule has 1 aromatic heterocycles. The highest BCUT2D eigenvalue weighted by Crippen LogP contribution is 2.05. The Balaban J connectivity index is 2.65. The van der Waals surface area contributed by atoms with Crippen molar-refractivity contribution in [2.45, 2.75) is 6.42 Å². The van der Waals surface area contributed by atoms with E-state index in [4.69, 9.17) is 5.11 Å². The molecule has 16 heavy (non-hydrogen) atoms. The summed E-state index contributed by atoms with van der Waals surface area (Å²) in [6.07, 6.45) is 1.84. The molecule has 0 aliphatic carbocycles. The molecule has 1 rings (SSSR count). The van der Waals surface area contributed by atoms with Crippen LogP contribution in [0.1, 0.15) is 6.42 Å². The molecule has 1 heterocycles. The lowest BCUT2D eigenvalue weighted by Crippen LogP contribution is -2.33. The van der Waals surface area contributed by atoms with Gasteiger partial charge in [-0.15, -0.1) is 5.10 Å². The van der Waals surface area contributed by atoms with E-state index in [0.29, 0.717) is 6.42 Å². The first kappa shape index (κ1) is 12.8. The van der Waals surface area contributed by atoms with Gasteiger partial charge in [-0.2, -0.15) is 17.8 Å². The summed E-state index contributed by atoms with van der Waals surface area (Å²) >= 11 is 0. The van der Waals surface area contributed by atoms with Gasteiger partial charge in [-0.1, -0.05) is 0 Å². The number of rotatable bonds is 6. The van der Waals surface area contributed by atoms with Crippen molar-refractivity contribution in [3.05, 3.63) is 18.3 Å². The molecule has 0 radical (unpaired) electrons. The van der Waals surface area contributed by atoms with Gasteiger partial charge >= 0.3 is 10.2 Å². The molecule has 0 saturated heterocycles. The van der Waals surface area contributed by atoms with E-state index in [-0.39, 0.29) is 19.0 Å². The third-order valence-electron chi connectivity index (χ3n) is 1.85. The molecule has 8 heteroatoms. The van der Waals surface area contributed by atoms with E-state index in [0.717, 1.165) is 4.31 Å². The fraction of sp³-hybridized carbons (Fsp3) is 0.500. The maximum absolute atomic E-state index is 11.7. The molecule has 1 aromatic rings. The van der Waals surface area contributed by atoms with Crippen LogP contribution in [0.2, 0.25) is 0 Å². The van der Waals surface area contributed by atoms with E-state index in [9.17, 15) is 8.42 Å². The Morgan fingerprint density at radius 3 is 2.88 bits per heavy atom. The zero-order valence-electron chi connectivity index (χ0n) is 8.87. The van der Waals surface area contributed by atoms with Crippen LogP contribution < -0.4 is 4.72 Å². The van der Waals surface area contributed by atoms with Gasteiger partial charge in [0.05, 0.1) is 0 Å². The second kappa shape index (κ2) is 5.73. The lowest BCUT2D eigenvalue weighted by Gasteiger charge is -2.16. The summed E-state index contributed by atoms with van der Waals surface area (Å²) in [7, 11) is -2.19.